The fraction of sp³-hybridized carbons (Fsp3) is 0.346. The highest BCUT2D eigenvalue weighted by atomic mass is 16.5. The molecule has 0 spiro atoms. The predicted molar refractivity (Wildman–Crippen MR) is 127 cm³/mol. The Hall–Kier alpha value is -3.25. The first kappa shape index (κ1) is 22.0. The van der Waals surface area contributed by atoms with E-state index < -0.39 is 0 Å². The van der Waals surface area contributed by atoms with Crippen LogP contribution in [0, 0.1) is 0 Å². The molecule has 6 nitrogen and oxygen atoms in total. The first-order chi connectivity index (χ1) is 15.7. The number of rotatable bonds is 10. The van der Waals surface area contributed by atoms with Crippen LogP contribution in [-0.4, -0.2) is 25.7 Å². The van der Waals surface area contributed by atoms with Gasteiger partial charge in [-0.05, 0) is 24.5 Å². The maximum absolute atomic E-state index is 13.4. The Labute approximate surface area is 188 Å². The summed E-state index contributed by atoms with van der Waals surface area (Å²) in [6.45, 7) is 5.81. The molecular formula is C26H30N4O2. The minimum atomic E-state index is -0.167. The Bertz CT molecular complexity index is 1200. The molecule has 4 aromatic rings. The van der Waals surface area contributed by atoms with Crippen molar-refractivity contribution in [3.8, 4) is 0 Å². The van der Waals surface area contributed by atoms with Gasteiger partial charge in [-0.15, -0.1) is 0 Å². The SMILES string of the molecule is CCCCC(OCC)c1nc2c(=O)n(Cc3ccccc3)cnc2n1Cc1ccccc1. The van der Waals surface area contributed by atoms with Crippen molar-refractivity contribution in [2.45, 2.75) is 52.3 Å². The third-order valence-corrected chi connectivity index (χ3v) is 5.61. The lowest BCUT2D eigenvalue weighted by Gasteiger charge is -2.18. The van der Waals surface area contributed by atoms with Crippen molar-refractivity contribution in [2.24, 2.45) is 0 Å². The van der Waals surface area contributed by atoms with Crippen LogP contribution >= 0.6 is 0 Å². The van der Waals surface area contributed by atoms with Crippen LogP contribution < -0.4 is 5.56 Å². The summed E-state index contributed by atoms with van der Waals surface area (Å²) in [6.07, 6.45) is 4.43. The summed E-state index contributed by atoms with van der Waals surface area (Å²) < 4.78 is 9.76. The maximum atomic E-state index is 13.4. The number of hydrogen-bond acceptors (Lipinski definition) is 4. The molecule has 4 rings (SSSR count). The number of benzene rings is 2. The van der Waals surface area contributed by atoms with Gasteiger partial charge in [0.25, 0.3) is 5.56 Å². The fourth-order valence-electron chi connectivity index (χ4n) is 3.99. The van der Waals surface area contributed by atoms with Crippen molar-refractivity contribution in [1.82, 2.24) is 19.1 Å². The molecule has 1 unspecified atom stereocenters. The van der Waals surface area contributed by atoms with Crippen molar-refractivity contribution >= 4 is 11.2 Å². The summed E-state index contributed by atoms with van der Waals surface area (Å²) in [4.78, 5) is 22.9. The number of nitrogens with zero attached hydrogens (tertiary/aromatic N) is 4. The van der Waals surface area contributed by atoms with Crippen molar-refractivity contribution in [2.75, 3.05) is 6.61 Å². The molecule has 0 saturated heterocycles. The van der Waals surface area contributed by atoms with Gasteiger partial charge in [-0.3, -0.25) is 9.36 Å². The van der Waals surface area contributed by atoms with Crippen LogP contribution in [0.25, 0.3) is 11.2 Å². The third kappa shape index (κ3) is 4.81. The molecule has 0 aliphatic heterocycles. The number of ether oxygens (including phenoxy) is 1. The first-order valence-corrected chi connectivity index (χ1v) is 11.4. The largest absolute Gasteiger partial charge is 0.371 e. The molecule has 0 radical (unpaired) electrons. The van der Waals surface area contributed by atoms with Gasteiger partial charge in [0, 0.05) is 6.61 Å². The Morgan fingerprint density at radius 1 is 0.938 bits per heavy atom. The van der Waals surface area contributed by atoms with E-state index in [1.807, 2.05) is 55.5 Å². The highest BCUT2D eigenvalue weighted by molar-refractivity contribution is 5.70. The molecular weight excluding hydrogens is 400 g/mol. The van der Waals surface area contributed by atoms with Gasteiger partial charge in [-0.2, -0.15) is 0 Å². The molecule has 0 bridgehead atoms. The van der Waals surface area contributed by atoms with E-state index in [9.17, 15) is 4.79 Å². The zero-order chi connectivity index (χ0) is 22.3. The summed E-state index contributed by atoms with van der Waals surface area (Å²) in [7, 11) is 0. The molecule has 0 saturated carbocycles. The number of hydrogen-bond donors (Lipinski definition) is 0. The molecule has 2 aromatic carbocycles. The van der Waals surface area contributed by atoms with E-state index in [0.717, 1.165) is 36.2 Å². The monoisotopic (exact) mass is 430 g/mol. The van der Waals surface area contributed by atoms with E-state index in [0.29, 0.717) is 30.9 Å². The van der Waals surface area contributed by atoms with Gasteiger partial charge in [0.1, 0.15) is 18.3 Å². The third-order valence-electron chi connectivity index (χ3n) is 5.61. The molecule has 0 N–H and O–H groups in total. The van der Waals surface area contributed by atoms with Crippen LogP contribution in [0.4, 0.5) is 0 Å². The highest BCUT2D eigenvalue weighted by Gasteiger charge is 2.23. The molecule has 32 heavy (non-hydrogen) atoms. The zero-order valence-corrected chi connectivity index (χ0v) is 18.8. The van der Waals surface area contributed by atoms with Crippen molar-refractivity contribution in [1.29, 1.82) is 0 Å². The quantitative estimate of drug-likeness (QED) is 0.357. The van der Waals surface area contributed by atoms with Crippen LogP contribution in [0.3, 0.4) is 0 Å². The standard InChI is InChI=1S/C26H30N4O2/c1-3-5-16-22(32-4-2)24-28-23-25(30(24)18-21-14-10-7-11-15-21)27-19-29(26(23)31)17-20-12-8-6-9-13-20/h6-15,19,22H,3-5,16-18H2,1-2H3. The first-order valence-electron chi connectivity index (χ1n) is 11.4. The van der Waals surface area contributed by atoms with Crippen LogP contribution in [0.2, 0.25) is 0 Å². The molecule has 0 amide bonds. The minimum Gasteiger partial charge on any atom is -0.371 e. The van der Waals surface area contributed by atoms with Gasteiger partial charge in [0.2, 0.25) is 0 Å². The minimum absolute atomic E-state index is 0.127. The number of imidazole rings is 1. The topological polar surface area (TPSA) is 61.9 Å². The molecule has 0 fully saturated rings. The summed E-state index contributed by atoms with van der Waals surface area (Å²) in [5, 5.41) is 0. The van der Waals surface area contributed by atoms with Gasteiger partial charge >= 0.3 is 0 Å². The highest BCUT2D eigenvalue weighted by Crippen LogP contribution is 2.26. The second kappa shape index (κ2) is 10.4. The molecule has 166 valence electrons. The molecule has 2 heterocycles. The van der Waals surface area contributed by atoms with Crippen LogP contribution in [0.15, 0.2) is 71.8 Å². The Morgan fingerprint density at radius 3 is 2.22 bits per heavy atom. The fourth-order valence-corrected chi connectivity index (χ4v) is 3.99. The van der Waals surface area contributed by atoms with Crippen LogP contribution in [0.5, 0.6) is 0 Å². The second-order valence-corrected chi connectivity index (χ2v) is 7.96. The lowest BCUT2D eigenvalue weighted by Crippen LogP contribution is -2.21. The number of unbranched alkanes of at least 4 members (excludes halogenated alkanes) is 1. The van der Waals surface area contributed by atoms with E-state index in [1.54, 1.807) is 10.9 Å². The predicted octanol–water partition coefficient (Wildman–Crippen LogP) is 4.96. The summed E-state index contributed by atoms with van der Waals surface area (Å²) in [5.74, 6) is 0.779. The number of aromatic nitrogens is 4. The smallest absolute Gasteiger partial charge is 0.281 e. The van der Waals surface area contributed by atoms with Crippen molar-refractivity contribution in [3.63, 3.8) is 0 Å². The molecule has 1 atom stereocenters. The Morgan fingerprint density at radius 2 is 1.59 bits per heavy atom. The van der Waals surface area contributed by atoms with Gasteiger partial charge in [0.05, 0.1) is 13.1 Å². The van der Waals surface area contributed by atoms with Crippen molar-refractivity contribution in [3.05, 3.63) is 94.3 Å². The molecule has 0 aliphatic carbocycles. The summed E-state index contributed by atoms with van der Waals surface area (Å²) in [6, 6.07) is 20.1. The lowest BCUT2D eigenvalue weighted by molar-refractivity contribution is 0.0463. The van der Waals surface area contributed by atoms with E-state index in [1.165, 1.54) is 0 Å². The normalized spacial score (nSPS) is 12.3. The average Bonchev–Trinajstić information content (AvgIpc) is 3.19. The average molecular weight is 431 g/mol. The van der Waals surface area contributed by atoms with E-state index in [-0.39, 0.29) is 11.7 Å². The zero-order valence-electron chi connectivity index (χ0n) is 18.8. The number of fused-ring (bicyclic) bond motifs is 1. The maximum Gasteiger partial charge on any atom is 0.281 e. The van der Waals surface area contributed by atoms with Gasteiger partial charge in [0.15, 0.2) is 11.2 Å². The van der Waals surface area contributed by atoms with Crippen LogP contribution in [-0.2, 0) is 17.8 Å². The Kier molecular flexibility index (Phi) is 7.12. The molecule has 0 aliphatic rings. The summed E-state index contributed by atoms with van der Waals surface area (Å²) >= 11 is 0. The van der Waals surface area contributed by atoms with E-state index in [4.69, 9.17) is 9.72 Å². The van der Waals surface area contributed by atoms with E-state index >= 15 is 0 Å². The lowest BCUT2D eigenvalue weighted by atomic mass is 10.1. The van der Waals surface area contributed by atoms with Gasteiger partial charge < -0.3 is 9.30 Å². The van der Waals surface area contributed by atoms with Gasteiger partial charge in [-0.25, -0.2) is 9.97 Å². The second-order valence-electron chi connectivity index (χ2n) is 7.96. The van der Waals surface area contributed by atoms with Crippen LogP contribution in [0.1, 0.15) is 56.2 Å². The van der Waals surface area contributed by atoms with E-state index in [2.05, 4.69) is 28.6 Å². The van der Waals surface area contributed by atoms with Gasteiger partial charge in [-0.1, -0.05) is 80.4 Å². The van der Waals surface area contributed by atoms with Crippen molar-refractivity contribution < 1.29 is 4.74 Å². The Balaban J connectivity index is 1.81. The molecule has 6 heteroatoms. The summed E-state index contributed by atoms with van der Waals surface area (Å²) in [5.41, 5.74) is 3.07. The molecule has 2 aromatic heterocycles.